The van der Waals surface area contributed by atoms with Gasteiger partial charge in [0.1, 0.15) is 17.8 Å². The van der Waals surface area contributed by atoms with E-state index in [-0.39, 0.29) is 6.61 Å². The number of rotatable bonds is 6. The van der Waals surface area contributed by atoms with E-state index >= 15 is 0 Å². The van der Waals surface area contributed by atoms with E-state index in [0.29, 0.717) is 0 Å². The number of amides is 1. The molecule has 0 spiro atoms. The van der Waals surface area contributed by atoms with Gasteiger partial charge >= 0.3 is 18.0 Å². The van der Waals surface area contributed by atoms with E-state index in [1.54, 1.807) is 41.5 Å². The van der Waals surface area contributed by atoms with E-state index in [4.69, 9.17) is 19.3 Å². The van der Waals surface area contributed by atoms with Crippen molar-refractivity contribution in [2.75, 3.05) is 13.2 Å². The quantitative estimate of drug-likeness (QED) is 0.710. The first kappa shape index (κ1) is 20.2. The zero-order valence-corrected chi connectivity index (χ0v) is 13.9. The minimum atomic E-state index is -1.18. The first-order chi connectivity index (χ1) is 9.80. The van der Waals surface area contributed by atoms with Crippen LogP contribution in [0.5, 0.6) is 0 Å². The number of ether oxygens (including phenoxy) is 3. The molecule has 0 aliphatic carbocycles. The smallest absolute Gasteiger partial charge is 0.408 e. The summed E-state index contributed by atoms with van der Waals surface area (Å²) in [6, 6.07) is -1.16. The molecule has 128 valence electrons. The predicted octanol–water partition coefficient (Wildman–Crippen LogP) is 1.32. The minimum absolute atomic E-state index is 0.333. The Balaban J connectivity index is 4.74. The lowest BCUT2D eigenvalue weighted by Gasteiger charge is -2.26. The summed E-state index contributed by atoms with van der Waals surface area (Å²) in [5, 5.41) is 10.8. The maximum atomic E-state index is 12.0. The Morgan fingerprint density at radius 3 is 1.91 bits per heavy atom. The normalized spacial score (nSPS) is 13.2. The standard InChI is InChI=1S/C14H25NO7/c1-13(2,3)21-11(18)9(7-20-8-10(16)17)15-12(19)22-14(4,5)6/h9H,7-8H2,1-6H3,(H,15,19)(H,16,17)/t9-/m0/s1. The van der Waals surface area contributed by atoms with Crippen molar-refractivity contribution in [3.8, 4) is 0 Å². The van der Waals surface area contributed by atoms with Crippen molar-refractivity contribution in [2.24, 2.45) is 0 Å². The Morgan fingerprint density at radius 1 is 1.00 bits per heavy atom. The van der Waals surface area contributed by atoms with Crippen LogP contribution in [0.15, 0.2) is 0 Å². The third-order valence-corrected chi connectivity index (χ3v) is 1.89. The fourth-order valence-corrected chi connectivity index (χ4v) is 1.26. The average Bonchev–Trinajstić information content (AvgIpc) is 2.21. The van der Waals surface area contributed by atoms with Gasteiger partial charge in [-0.15, -0.1) is 0 Å². The van der Waals surface area contributed by atoms with Crippen LogP contribution < -0.4 is 5.32 Å². The van der Waals surface area contributed by atoms with Gasteiger partial charge in [0.05, 0.1) is 6.61 Å². The molecule has 0 aromatic heterocycles. The maximum Gasteiger partial charge on any atom is 0.408 e. The Kier molecular flexibility index (Phi) is 7.31. The number of esters is 1. The fourth-order valence-electron chi connectivity index (χ4n) is 1.26. The van der Waals surface area contributed by atoms with Crippen molar-refractivity contribution in [2.45, 2.75) is 58.8 Å². The molecule has 0 radical (unpaired) electrons. The van der Waals surface area contributed by atoms with Crippen LogP contribution in [0.2, 0.25) is 0 Å². The van der Waals surface area contributed by atoms with Gasteiger partial charge in [-0.25, -0.2) is 14.4 Å². The second-order valence-corrected chi connectivity index (χ2v) is 6.64. The molecule has 22 heavy (non-hydrogen) atoms. The highest BCUT2D eigenvalue weighted by Crippen LogP contribution is 2.10. The molecule has 8 nitrogen and oxygen atoms in total. The van der Waals surface area contributed by atoms with Crippen LogP contribution in [0.4, 0.5) is 4.79 Å². The Bertz CT molecular complexity index is 406. The molecule has 0 heterocycles. The van der Waals surface area contributed by atoms with E-state index in [2.05, 4.69) is 5.32 Å². The van der Waals surface area contributed by atoms with Crippen molar-refractivity contribution in [1.29, 1.82) is 0 Å². The number of carboxylic acids is 1. The molecule has 0 aromatic carbocycles. The first-order valence-electron chi connectivity index (χ1n) is 6.82. The highest BCUT2D eigenvalue weighted by Gasteiger charge is 2.29. The molecule has 0 aliphatic rings. The minimum Gasteiger partial charge on any atom is -0.480 e. The van der Waals surface area contributed by atoms with Gasteiger partial charge in [0.2, 0.25) is 0 Å². The molecule has 8 heteroatoms. The largest absolute Gasteiger partial charge is 0.480 e. The maximum absolute atomic E-state index is 12.0. The van der Waals surface area contributed by atoms with Gasteiger partial charge in [0, 0.05) is 0 Å². The summed E-state index contributed by atoms with van der Waals surface area (Å²) < 4.78 is 15.1. The lowest BCUT2D eigenvalue weighted by molar-refractivity contribution is -0.160. The molecule has 2 N–H and O–H groups in total. The SMILES string of the molecule is CC(C)(C)OC(=O)N[C@@H](COCC(=O)O)C(=O)OC(C)(C)C. The average molecular weight is 319 g/mol. The number of carboxylic acid groups (broad SMARTS) is 1. The van der Waals surface area contributed by atoms with E-state index in [1.807, 2.05) is 0 Å². The number of carbonyl (C=O) groups is 3. The lowest BCUT2D eigenvalue weighted by Crippen LogP contribution is -2.48. The molecule has 1 atom stereocenters. The zero-order valence-electron chi connectivity index (χ0n) is 13.9. The number of aliphatic carboxylic acids is 1. The van der Waals surface area contributed by atoms with Gasteiger partial charge in [-0.05, 0) is 41.5 Å². The molecule has 0 bridgehead atoms. The van der Waals surface area contributed by atoms with Crippen LogP contribution in [0, 0.1) is 0 Å². The molecule has 0 unspecified atom stereocenters. The number of hydrogen-bond acceptors (Lipinski definition) is 6. The first-order valence-corrected chi connectivity index (χ1v) is 6.82. The molecule has 0 aromatic rings. The Hall–Kier alpha value is -1.83. The van der Waals surface area contributed by atoms with Crippen LogP contribution in [-0.2, 0) is 23.8 Å². The van der Waals surface area contributed by atoms with E-state index < -0.39 is 41.9 Å². The highest BCUT2D eigenvalue weighted by atomic mass is 16.6. The third-order valence-electron chi connectivity index (χ3n) is 1.89. The summed E-state index contributed by atoms with van der Waals surface area (Å²) in [7, 11) is 0. The topological polar surface area (TPSA) is 111 Å². The van der Waals surface area contributed by atoms with Gasteiger partial charge < -0.3 is 24.6 Å². The number of hydrogen-bond donors (Lipinski definition) is 2. The fraction of sp³-hybridized carbons (Fsp3) is 0.786. The molecule has 0 aliphatic heterocycles. The zero-order chi connectivity index (χ0) is 17.6. The second kappa shape index (κ2) is 7.98. The summed E-state index contributed by atoms with van der Waals surface area (Å²) in [6.45, 7) is 9.13. The van der Waals surface area contributed by atoms with Crippen LogP contribution in [0.1, 0.15) is 41.5 Å². The summed E-state index contributed by atoms with van der Waals surface area (Å²) in [4.78, 5) is 34.2. The molecule has 0 saturated carbocycles. The molecular weight excluding hydrogens is 294 g/mol. The van der Waals surface area contributed by atoms with Crippen LogP contribution in [0.25, 0.3) is 0 Å². The van der Waals surface area contributed by atoms with Gasteiger partial charge in [0.15, 0.2) is 6.04 Å². The van der Waals surface area contributed by atoms with Crippen LogP contribution >= 0.6 is 0 Å². The lowest BCUT2D eigenvalue weighted by atomic mass is 10.2. The van der Waals surface area contributed by atoms with Crippen molar-refractivity contribution in [3.63, 3.8) is 0 Å². The molecule has 0 saturated heterocycles. The van der Waals surface area contributed by atoms with Crippen molar-refractivity contribution >= 4 is 18.0 Å². The molecule has 1 amide bonds. The molecule has 0 rings (SSSR count). The van der Waals surface area contributed by atoms with Crippen LogP contribution in [0.3, 0.4) is 0 Å². The van der Waals surface area contributed by atoms with Gasteiger partial charge in [0.25, 0.3) is 0 Å². The third kappa shape index (κ3) is 10.9. The Morgan fingerprint density at radius 2 is 1.50 bits per heavy atom. The van der Waals surface area contributed by atoms with Gasteiger partial charge in [-0.2, -0.15) is 0 Å². The Labute approximate surface area is 130 Å². The summed E-state index contributed by atoms with van der Waals surface area (Å²) in [6.07, 6.45) is -0.817. The van der Waals surface area contributed by atoms with Crippen molar-refractivity contribution < 1.29 is 33.7 Å². The van der Waals surface area contributed by atoms with E-state index in [9.17, 15) is 14.4 Å². The molecular formula is C14H25NO7. The predicted molar refractivity (Wildman–Crippen MR) is 77.5 cm³/mol. The summed E-state index contributed by atoms with van der Waals surface area (Å²) >= 11 is 0. The van der Waals surface area contributed by atoms with Crippen molar-refractivity contribution in [3.05, 3.63) is 0 Å². The highest BCUT2D eigenvalue weighted by molar-refractivity contribution is 5.82. The summed E-state index contributed by atoms with van der Waals surface area (Å²) in [5.74, 6) is -1.91. The van der Waals surface area contributed by atoms with E-state index in [0.717, 1.165) is 0 Å². The number of carbonyl (C=O) groups excluding carboxylic acids is 2. The van der Waals surface area contributed by atoms with Crippen LogP contribution in [-0.4, -0.2) is 53.6 Å². The van der Waals surface area contributed by atoms with Crippen molar-refractivity contribution in [1.82, 2.24) is 5.32 Å². The number of nitrogens with one attached hydrogen (secondary N) is 1. The molecule has 0 fully saturated rings. The van der Waals surface area contributed by atoms with E-state index in [1.165, 1.54) is 0 Å². The summed E-state index contributed by atoms with van der Waals surface area (Å²) in [5.41, 5.74) is -1.48. The second-order valence-electron chi connectivity index (χ2n) is 6.64. The number of alkyl carbamates (subject to hydrolysis) is 1. The van der Waals surface area contributed by atoms with Gasteiger partial charge in [-0.1, -0.05) is 0 Å². The van der Waals surface area contributed by atoms with Gasteiger partial charge in [-0.3, -0.25) is 0 Å². The monoisotopic (exact) mass is 319 g/mol.